The lowest BCUT2D eigenvalue weighted by Crippen LogP contribution is -2.12. The average molecular weight is 475 g/mol. The van der Waals surface area contributed by atoms with E-state index in [-0.39, 0.29) is 0 Å². The fourth-order valence-electron chi connectivity index (χ4n) is 6.33. The maximum absolute atomic E-state index is 4.48. The third kappa shape index (κ3) is 17.0. The summed E-state index contributed by atoms with van der Waals surface area (Å²) in [5.74, 6) is 6.35. The molecule has 202 valence electrons. The summed E-state index contributed by atoms with van der Waals surface area (Å²) >= 11 is 0. The van der Waals surface area contributed by atoms with E-state index in [9.17, 15) is 0 Å². The van der Waals surface area contributed by atoms with Crippen LogP contribution in [0.1, 0.15) is 146 Å². The topological polar surface area (TPSA) is 0 Å². The molecule has 0 aliphatic heterocycles. The van der Waals surface area contributed by atoms with Crippen LogP contribution in [0.3, 0.4) is 0 Å². The van der Waals surface area contributed by atoms with E-state index >= 15 is 0 Å². The minimum atomic E-state index is 0.664. The summed E-state index contributed by atoms with van der Waals surface area (Å²) in [5, 5.41) is 0. The molecule has 0 amide bonds. The normalized spacial score (nSPS) is 18.2. The van der Waals surface area contributed by atoms with Gasteiger partial charge in [-0.1, -0.05) is 106 Å². The van der Waals surface area contributed by atoms with Gasteiger partial charge >= 0.3 is 0 Å². The predicted octanol–water partition coefficient (Wildman–Crippen LogP) is 11.9. The Morgan fingerprint density at radius 2 is 0.824 bits per heavy atom. The van der Waals surface area contributed by atoms with Gasteiger partial charge in [-0.25, -0.2) is 0 Å². The van der Waals surface area contributed by atoms with E-state index in [1.807, 2.05) is 0 Å². The zero-order valence-electron chi connectivity index (χ0n) is 25.5. The van der Waals surface area contributed by atoms with E-state index in [4.69, 9.17) is 0 Å². The monoisotopic (exact) mass is 475 g/mol. The van der Waals surface area contributed by atoms with E-state index < -0.39 is 0 Å². The quantitative estimate of drug-likeness (QED) is 0.115. The maximum atomic E-state index is 4.48. The van der Waals surface area contributed by atoms with Crippen LogP contribution in [0, 0.1) is 47.3 Å². The van der Waals surface area contributed by atoms with Crippen LogP contribution >= 0.6 is 0 Å². The largest absolute Gasteiger partial charge is 0.0996 e. The molecule has 0 rings (SSSR count). The summed E-state index contributed by atoms with van der Waals surface area (Å²) in [6.07, 6.45) is 15.8. The molecule has 0 bridgehead atoms. The molecule has 34 heavy (non-hydrogen) atoms. The molecular weight excluding hydrogens is 408 g/mol. The van der Waals surface area contributed by atoms with Crippen LogP contribution in [-0.2, 0) is 0 Å². The molecule has 0 radical (unpaired) electrons. The van der Waals surface area contributed by atoms with Crippen LogP contribution in [0.15, 0.2) is 24.3 Å². The highest BCUT2D eigenvalue weighted by Crippen LogP contribution is 2.30. The van der Waals surface area contributed by atoms with E-state index in [1.54, 1.807) is 0 Å². The van der Waals surface area contributed by atoms with Crippen LogP contribution < -0.4 is 0 Å². The molecule has 0 saturated carbocycles. The fraction of sp³-hybridized carbons (Fsp3) is 0.882. The minimum Gasteiger partial charge on any atom is -0.0996 e. The Morgan fingerprint density at radius 1 is 0.471 bits per heavy atom. The van der Waals surface area contributed by atoms with Crippen molar-refractivity contribution < 1.29 is 0 Å². The van der Waals surface area contributed by atoms with Gasteiger partial charge in [0, 0.05) is 0 Å². The molecule has 0 saturated heterocycles. The first-order valence-electron chi connectivity index (χ1n) is 15.2. The summed E-state index contributed by atoms with van der Waals surface area (Å²) in [6, 6.07) is 0. The number of rotatable bonds is 21. The molecule has 0 fully saturated rings. The second-order valence-electron chi connectivity index (χ2n) is 13.4. The molecule has 0 heterocycles. The highest BCUT2D eigenvalue weighted by Gasteiger charge is 2.17. The lowest BCUT2D eigenvalue weighted by atomic mass is 9.81. The third-order valence-corrected chi connectivity index (χ3v) is 8.39. The van der Waals surface area contributed by atoms with Gasteiger partial charge in [0.15, 0.2) is 0 Å². The van der Waals surface area contributed by atoms with E-state index in [0.29, 0.717) is 11.8 Å². The van der Waals surface area contributed by atoms with Crippen molar-refractivity contribution >= 4 is 0 Å². The molecule has 0 N–H and O–H groups in total. The Hall–Kier alpha value is -0.520. The summed E-state index contributed by atoms with van der Waals surface area (Å²) in [7, 11) is 0. The molecule has 7 atom stereocenters. The van der Waals surface area contributed by atoms with Gasteiger partial charge in [-0.15, -0.1) is 0 Å². The number of hydrogen-bond donors (Lipinski definition) is 0. The molecule has 0 aromatic carbocycles. The minimum absolute atomic E-state index is 0.664. The van der Waals surface area contributed by atoms with Crippen LogP contribution in [0.4, 0.5) is 0 Å². The van der Waals surface area contributed by atoms with Gasteiger partial charge in [0.05, 0.1) is 0 Å². The van der Waals surface area contributed by atoms with E-state index in [1.165, 1.54) is 88.2 Å². The Morgan fingerprint density at radius 3 is 1.21 bits per heavy atom. The lowest BCUT2D eigenvalue weighted by Gasteiger charge is -2.25. The molecule has 0 aromatic rings. The van der Waals surface area contributed by atoms with Gasteiger partial charge < -0.3 is 0 Å². The standard InChI is InChI=1S/C34H66/c1-13-26(4)20-28(6)21-29(7)22-30(8)24-34(12)32(10)18-16-14-15-17-31(9)33(11)23-27(5)19-25(2)3/h25-30,33-34H,9-10,13-24H2,1-8,11-12H3. The van der Waals surface area contributed by atoms with Crippen LogP contribution in [-0.4, -0.2) is 0 Å². The van der Waals surface area contributed by atoms with Gasteiger partial charge in [-0.05, 0) is 112 Å². The number of unbranched alkanes of at least 4 members (excludes halogenated alkanes) is 2. The average Bonchev–Trinajstić information content (AvgIpc) is 2.71. The van der Waals surface area contributed by atoms with Gasteiger partial charge in [0.1, 0.15) is 0 Å². The fourth-order valence-corrected chi connectivity index (χ4v) is 6.33. The number of allylic oxidation sites excluding steroid dienone is 2. The van der Waals surface area contributed by atoms with Crippen molar-refractivity contribution in [1.82, 2.24) is 0 Å². The Labute approximate surface area is 217 Å². The molecular formula is C34H66. The highest BCUT2D eigenvalue weighted by atomic mass is 14.2. The van der Waals surface area contributed by atoms with Crippen molar-refractivity contribution in [2.45, 2.75) is 146 Å². The summed E-state index contributed by atoms with van der Waals surface area (Å²) in [5.41, 5.74) is 2.96. The van der Waals surface area contributed by atoms with E-state index in [2.05, 4.69) is 82.4 Å². The van der Waals surface area contributed by atoms with Crippen molar-refractivity contribution in [2.24, 2.45) is 47.3 Å². The second kappa shape index (κ2) is 18.7. The smallest absolute Gasteiger partial charge is 0.0232 e. The van der Waals surface area contributed by atoms with Crippen LogP contribution in [0.2, 0.25) is 0 Å². The first-order chi connectivity index (χ1) is 15.8. The van der Waals surface area contributed by atoms with Crippen molar-refractivity contribution in [3.63, 3.8) is 0 Å². The van der Waals surface area contributed by atoms with Crippen molar-refractivity contribution in [3.05, 3.63) is 24.3 Å². The molecule has 0 heteroatoms. The summed E-state index contributed by atoms with van der Waals surface area (Å²) in [4.78, 5) is 0. The van der Waals surface area contributed by atoms with Gasteiger partial charge in [-0.3, -0.25) is 0 Å². The maximum Gasteiger partial charge on any atom is -0.0232 e. The van der Waals surface area contributed by atoms with E-state index in [0.717, 1.165) is 35.5 Å². The Kier molecular flexibility index (Phi) is 18.4. The molecule has 0 aliphatic rings. The van der Waals surface area contributed by atoms with Crippen molar-refractivity contribution in [1.29, 1.82) is 0 Å². The van der Waals surface area contributed by atoms with Gasteiger partial charge in [0.2, 0.25) is 0 Å². The SMILES string of the molecule is C=C(CCCCCC(=C)C(C)CC(C)CC(C)CC(C)CC(C)CC)C(C)CC(C)CC(C)C. The first kappa shape index (κ1) is 33.5. The van der Waals surface area contributed by atoms with Crippen LogP contribution in [0.25, 0.3) is 0 Å². The van der Waals surface area contributed by atoms with Crippen molar-refractivity contribution in [3.8, 4) is 0 Å². The first-order valence-corrected chi connectivity index (χ1v) is 15.2. The summed E-state index contributed by atoms with van der Waals surface area (Å²) in [6.45, 7) is 32.9. The second-order valence-corrected chi connectivity index (χ2v) is 13.4. The van der Waals surface area contributed by atoms with Crippen molar-refractivity contribution in [2.75, 3.05) is 0 Å². The Balaban J connectivity index is 4.06. The van der Waals surface area contributed by atoms with Gasteiger partial charge in [0.25, 0.3) is 0 Å². The molecule has 0 nitrogen and oxygen atoms in total. The lowest BCUT2D eigenvalue weighted by molar-refractivity contribution is 0.289. The summed E-state index contributed by atoms with van der Waals surface area (Å²) < 4.78 is 0. The van der Waals surface area contributed by atoms with Crippen LogP contribution in [0.5, 0.6) is 0 Å². The molecule has 0 spiro atoms. The Bertz CT molecular complexity index is 526. The zero-order chi connectivity index (χ0) is 26.3. The predicted molar refractivity (Wildman–Crippen MR) is 158 cm³/mol. The molecule has 0 aliphatic carbocycles. The van der Waals surface area contributed by atoms with Gasteiger partial charge in [-0.2, -0.15) is 0 Å². The molecule has 0 aromatic heterocycles. The number of hydrogen-bond acceptors (Lipinski definition) is 0. The highest BCUT2D eigenvalue weighted by molar-refractivity contribution is 5.01. The molecule has 7 unspecified atom stereocenters. The zero-order valence-corrected chi connectivity index (χ0v) is 25.5. The third-order valence-electron chi connectivity index (χ3n) is 8.39.